The topological polar surface area (TPSA) is 88.3 Å². The molecule has 0 unspecified atom stereocenters. The van der Waals surface area contributed by atoms with Gasteiger partial charge < -0.3 is 10.4 Å². The van der Waals surface area contributed by atoms with Crippen LogP contribution in [0.4, 0.5) is 5.69 Å². The largest absolute Gasteiger partial charge is 0.389 e. The van der Waals surface area contributed by atoms with Crippen molar-refractivity contribution >= 4 is 5.69 Å². The lowest BCUT2D eigenvalue weighted by Crippen LogP contribution is -2.39. The van der Waals surface area contributed by atoms with Crippen LogP contribution in [0.2, 0.25) is 0 Å². The number of aryl methyl sites for hydroxylation is 1. The molecule has 0 aromatic carbocycles. The van der Waals surface area contributed by atoms with Gasteiger partial charge >= 0.3 is 0 Å². The summed E-state index contributed by atoms with van der Waals surface area (Å²) >= 11 is 0. The molecule has 0 atom stereocenters. The summed E-state index contributed by atoms with van der Waals surface area (Å²) in [5, 5.41) is 24.3. The summed E-state index contributed by atoms with van der Waals surface area (Å²) in [6.07, 6.45) is 2.85. The SMILES string of the molecule is CCC(O)(CC)CNCc1ncc(C)c([N+](=O)[O-])c1C. The van der Waals surface area contributed by atoms with Crippen molar-refractivity contribution in [2.75, 3.05) is 6.54 Å². The Morgan fingerprint density at radius 1 is 1.40 bits per heavy atom. The molecular formula is C14H23N3O3. The van der Waals surface area contributed by atoms with E-state index in [1.54, 1.807) is 13.8 Å². The Bertz CT molecular complexity index is 485. The van der Waals surface area contributed by atoms with Crippen molar-refractivity contribution in [1.29, 1.82) is 0 Å². The maximum atomic E-state index is 11.0. The molecular weight excluding hydrogens is 258 g/mol. The third-order valence-corrected chi connectivity index (χ3v) is 3.82. The fraction of sp³-hybridized carbons (Fsp3) is 0.643. The lowest BCUT2D eigenvalue weighted by molar-refractivity contribution is -0.386. The minimum absolute atomic E-state index is 0.123. The Labute approximate surface area is 119 Å². The van der Waals surface area contributed by atoms with Crippen molar-refractivity contribution in [2.45, 2.75) is 52.7 Å². The van der Waals surface area contributed by atoms with Crippen molar-refractivity contribution < 1.29 is 10.0 Å². The molecule has 112 valence electrons. The molecule has 1 rings (SSSR count). The Morgan fingerprint density at radius 3 is 2.50 bits per heavy atom. The van der Waals surface area contributed by atoms with E-state index >= 15 is 0 Å². The van der Waals surface area contributed by atoms with Gasteiger partial charge in [0.15, 0.2) is 0 Å². The van der Waals surface area contributed by atoms with Crippen LogP contribution in [0.5, 0.6) is 0 Å². The van der Waals surface area contributed by atoms with Crippen LogP contribution in [0.3, 0.4) is 0 Å². The molecule has 0 bridgehead atoms. The summed E-state index contributed by atoms with van der Waals surface area (Å²) < 4.78 is 0. The fourth-order valence-electron chi connectivity index (χ4n) is 2.14. The van der Waals surface area contributed by atoms with E-state index in [1.165, 1.54) is 6.20 Å². The molecule has 2 N–H and O–H groups in total. The lowest BCUT2D eigenvalue weighted by atomic mass is 9.97. The first-order valence-corrected chi connectivity index (χ1v) is 6.87. The van der Waals surface area contributed by atoms with Crippen LogP contribution in [0.15, 0.2) is 6.20 Å². The number of nitrogens with one attached hydrogen (secondary N) is 1. The molecule has 0 saturated heterocycles. The number of pyridine rings is 1. The third kappa shape index (κ3) is 3.74. The Kier molecular flexibility index (Phi) is 5.59. The molecule has 0 aliphatic carbocycles. The smallest absolute Gasteiger partial charge is 0.278 e. The molecule has 0 aliphatic rings. The van der Waals surface area contributed by atoms with Gasteiger partial charge in [-0.1, -0.05) is 13.8 Å². The molecule has 0 aliphatic heterocycles. The van der Waals surface area contributed by atoms with E-state index in [2.05, 4.69) is 10.3 Å². The van der Waals surface area contributed by atoms with E-state index in [0.29, 0.717) is 42.8 Å². The van der Waals surface area contributed by atoms with Crippen LogP contribution < -0.4 is 5.32 Å². The standard InChI is InChI=1S/C14H23N3O3/c1-5-14(18,6-2)9-15-8-12-11(4)13(17(19)20)10(3)7-16-12/h7,15,18H,5-6,8-9H2,1-4H3. The molecule has 0 spiro atoms. The summed E-state index contributed by atoms with van der Waals surface area (Å²) in [5.74, 6) is 0. The second-order valence-electron chi connectivity index (χ2n) is 5.15. The second kappa shape index (κ2) is 6.76. The molecule has 0 fully saturated rings. The molecule has 1 heterocycles. The van der Waals surface area contributed by atoms with Gasteiger partial charge in [0.1, 0.15) is 0 Å². The zero-order chi connectivity index (χ0) is 15.3. The van der Waals surface area contributed by atoms with Crippen molar-refractivity contribution in [2.24, 2.45) is 0 Å². The van der Waals surface area contributed by atoms with Gasteiger partial charge in [-0.3, -0.25) is 15.1 Å². The second-order valence-corrected chi connectivity index (χ2v) is 5.15. The number of nitro groups is 1. The number of rotatable bonds is 7. The zero-order valence-corrected chi connectivity index (χ0v) is 12.6. The summed E-state index contributed by atoms with van der Waals surface area (Å²) in [7, 11) is 0. The third-order valence-electron chi connectivity index (χ3n) is 3.82. The van der Waals surface area contributed by atoms with Gasteiger partial charge in [0.05, 0.1) is 16.2 Å². The first kappa shape index (κ1) is 16.5. The van der Waals surface area contributed by atoms with Crippen molar-refractivity contribution in [3.8, 4) is 0 Å². The van der Waals surface area contributed by atoms with Gasteiger partial charge in [-0.15, -0.1) is 0 Å². The van der Waals surface area contributed by atoms with Crippen LogP contribution in [0, 0.1) is 24.0 Å². The highest BCUT2D eigenvalue weighted by molar-refractivity contribution is 5.47. The van der Waals surface area contributed by atoms with Crippen LogP contribution >= 0.6 is 0 Å². The number of hydrogen-bond acceptors (Lipinski definition) is 5. The van der Waals surface area contributed by atoms with Gasteiger partial charge in [0.25, 0.3) is 5.69 Å². The summed E-state index contributed by atoms with van der Waals surface area (Å²) in [6, 6.07) is 0. The van der Waals surface area contributed by atoms with E-state index in [4.69, 9.17) is 0 Å². The van der Waals surface area contributed by atoms with Crippen molar-refractivity contribution in [1.82, 2.24) is 10.3 Å². The number of aliphatic hydroxyl groups is 1. The molecule has 6 heteroatoms. The normalized spacial score (nSPS) is 11.7. The van der Waals surface area contributed by atoms with E-state index in [1.807, 2.05) is 13.8 Å². The number of nitrogens with zero attached hydrogens (tertiary/aromatic N) is 2. The Balaban J connectivity index is 2.80. The van der Waals surface area contributed by atoms with Crippen molar-refractivity contribution in [3.63, 3.8) is 0 Å². The highest BCUT2D eigenvalue weighted by Gasteiger charge is 2.22. The molecule has 0 amide bonds. The lowest BCUT2D eigenvalue weighted by Gasteiger charge is -2.25. The van der Waals surface area contributed by atoms with Gasteiger partial charge in [0, 0.05) is 30.4 Å². The van der Waals surface area contributed by atoms with E-state index < -0.39 is 5.60 Å². The highest BCUT2D eigenvalue weighted by atomic mass is 16.6. The molecule has 0 saturated carbocycles. The maximum Gasteiger partial charge on any atom is 0.278 e. The van der Waals surface area contributed by atoms with Crippen LogP contribution in [-0.2, 0) is 6.54 Å². The minimum atomic E-state index is -0.732. The molecule has 0 radical (unpaired) electrons. The average molecular weight is 281 g/mol. The molecule has 1 aromatic heterocycles. The molecule has 1 aromatic rings. The monoisotopic (exact) mass is 281 g/mol. The van der Waals surface area contributed by atoms with Crippen LogP contribution in [0.25, 0.3) is 0 Å². The van der Waals surface area contributed by atoms with Crippen LogP contribution in [-0.4, -0.2) is 27.2 Å². The molecule has 6 nitrogen and oxygen atoms in total. The van der Waals surface area contributed by atoms with Gasteiger partial charge in [-0.05, 0) is 26.7 Å². The van der Waals surface area contributed by atoms with Gasteiger partial charge in [0.2, 0.25) is 0 Å². The minimum Gasteiger partial charge on any atom is -0.389 e. The fourth-order valence-corrected chi connectivity index (χ4v) is 2.14. The Hall–Kier alpha value is -1.53. The first-order valence-electron chi connectivity index (χ1n) is 6.87. The van der Waals surface area contributed by atoms with E-state index in [9.17, 15) is 15.2 Å². The summed E-state index contributed by atoms with van der Waals surface area (Å²) in [4.78, 5) is 14.9. The first-order chi connectivity index (χ1) is 9.34. The highest BCUT2D eigenvalue weighted by Crippen LogP contribution is 2.24. The Morgan fingerprint density at radius 2 is 2.00 bits per heavy atom. The van der Waals surface area contributed by atoms with Crippen LogP contribution in [0.1, 0.15) is 43.5 Å². The van der Waals surface area contributed by atoms with E-state index in [0.717, 1.165) is 0 Å². The van der Waals surface area contributed by atoms with E-state index in [-0.39, 0.29) is 10.6 Å². The number of aromatic nitrogens is 1. The summed E-state index contributed by atoms with van der Waals surface area (Å²) in [5.41, 5.74) is 1.19. The van der Waals surface area contributed by atoms with Gasteiger partial charge in [-0.2, -0.15) is 0 Å². The van der Waals surface area contributed by atoms with Gasteiger partial charge in [-0.25, -0.2) is 0 Å². The average Bonchev–Trinajstić information content (AvgIpc) is 2.41. The predicted molar refractivity (Wildman–Crippen MR) is 77.6 cm³/mol. The molecule has 20 heavy (non-hydrogen) atoms. The number of hydrogen-bond donors (Lipinski definition) is 2. The zero-order valence-electron chi connectivity index (χ0n) is 12.6. The predicted octanol–water partition coefficient (Wildman–Crippen LogP) is 2.25. The maximum absolute atomic E-state index is 11.0. The summed E-state index contributed by atoms with van der Waals surface area (Å²) in [6.45, 7) is 8.12. The van der Waals surface area contributed by atoms with Crippen molar-refractivity contribution in [3.05, 3.63) is 33.1 Å². The quantitative estimate of drug-likeness (QED) is 0.591.